The van der Waals surface area contributed by atoms with E-state index in [0.717, 1.165) is 20.1 Å². The van der Waals surface area contributed by atoms with Crippen molar-refractivity contribution >= 4 is 18.8 Å². The van der Waals surface area contributed by atoms with Gasteiger partial charge in [0, 0.05) is 17.8 Å². The minimum absolute atomic E-state index is 0.487. The summed E-state index contributed by atoms with van der Waals surface area (Å²) >= 11 is 0. The van der Waals surface area contributed by atoms with E-state index in [4.69, 9.17) is 4.52 Å². The molecule has 0 radical (unpaired) electrons. The summed E-state index contributed by atoms with van der Waals surface area (Å²) in [6.07, 6.45) is 6.16. The number of hydrogen-bond donors (Lipinski definition) is 0. The lowest BCUT2D eigenvalue weighted by atomic mass is 9.86. The lowest BCUT2D eigenvalue weighted by Gasteiger charge is -2.30. The van der Waals surface area contributed by atoms with Gasteiger partial charge in [-0.15, -0.1) is 0 Å². The Hall–Kier alpha value is -2.44. The van der Waals surface area contributed by atoms with Crippen molar-refractivity contribution in [2.75, 3.05) is 0 Å². The molecule has 0 spiro atoms. The molecule has 0 bridgehead atoms. The molecule has 0 amide bonds. The maximum Gasteiger partial charge on any atom is 0.737 e. The van der Waals surface area contributed by atoms with E-state index in [2.05, 4.69) is 5.16 Å². The fraction of sp³-hybridized carbons (Fsp3) is 0.143. The van der Waals surface area contributed by atoms with Crippen molar-refractivity contribution < 1.29 is 17.6 Å². The zero-order chi connectivity index (χ0) is 14.8. The fourth-order valence-electron chi connectivity index (χ4n) is 3.11. The molecule has 0 aromatic carbocycles. The van der Waals surface area contributed by atoms with Gasteiger partial charge >= 0.3 is 6.97 Å². The highest BCUT2D eigenvalue weighted by molar-refractivity contribution is 6.57. The van der Waals surface area contributed by atoms with E-state index in [1.54, 1.807) is 31.2 Å². The van der Waals surface area contributed by atoms with Crippen LogP contribution >= 0.6 is 0 Å². The first-order chi connectivity index (χ1) is 10.0. The maximum absolute atomic E-state index is 14.6. The summed E-state index contributed by atoms with van der Waals surface area (Å²) in [5.41, 5.74) is 3.18. The lowest BCUT2D eigenvalue weighted by molar-refractivity contribution is -0.356. The summed E-state index contributed by atoms with van der Waals surface area (Å²) in [6.45, 7) is -0.249. The highest BCUT2D eigenvalue weighted by atomic mass is 19.2. The van der Waals surface area contributed by atoms with Gasteiger partial charge in [0.15, 0.2) is 5.70 Å². The van der Waals surface area contributed by atoms with Crippen molar-refractivity contribution in [1.29, 1.82) is 0 Å². The van der Waals surface area contributed by atoms with Gasteiger partial charge < -0.3 is 22.1 Å². The number of hydrogen-bond acceptors (Lipinski definition) is 2. The van der Waals surface area contributed by atoms with Crippen LogP contribution in [0.1, 0.15) is 22.7 Å². The molecule has 0 saturated heterocycles. The van der Waals surface area contributed by atoms with Gasteiger partial charge in [0.05, 0.1) is 16.8 Å². The van der Waals surface area contributed by atoms with E-state index < -0.39 is 6.97 Å². The Morgan fingerprint density at radius 2 is 2.14 bits per heavy atom. The Bertz CT molecular complexity index is 838. The molecule has 2 aromatic heterocycles. The molecule has 2 aliphatic heterocycles. The number of rotatable bonds is 1. The Morgan fingerprint density at radius 3 is 2.86 bits per heavy atom. The third kappa shape index (κ3) is 1.43. The number of nitrogens with zero attached hydrogens (tertiary/aromatic N) is 3. The fourth-order valence-corrected chi connectivity index (χ4v) is 3.11. The quantitative estimate of drug-likeness (QED) is 0.756. The SMILES string of the molecule is Cc1noc(C)c1C1=C2C=CC=[N+]2[B-](F)(F)n2cccc21. The summed E-state index contributed by atoms with van der Waals surface area (Å²) in [5, 5.41) is 3.95. The van der Waals surface area contributed by atoms with Crippen LogP contribution in [0.15, 0.2) is 40.7 Å². The zero-order valence-corrected chi connectivity index (χ0v) is 11.5. The van der Waals surface area contributed by atoms with E-state index in [1.807, 2.05) is 6.92 Å². The Labute approximate surface area is 119 Å². The van der Waals surface area contributed by atoms with Gasteiger partial charge in [-0.3, -0.25) is 0 Å². The molecule has 4 heterocycles. The second kappa shape index (κ2) is 3.81. The molecule has 2 aliphatic rings. The number of allylic oxidation sites excluding steroid dienone is 2. The van der Waals surface area contributed by atoms with Crippen LogP contribution in [0.4, 0.5) is 8.63 Å². The van der Waals surface area contributed by atoms with E-state index in [-0.39, 0.29) is 0 Å². The van der Waals surface area contributed by atoms with E-state index >= 15 is 0 Å². The smallest absolute Gasteiger partial charge is 0.396 e. The van der Waals surface area contributed by atoms with Crippen molar-refractivity contribution in [2.45, 2.75) is 13.8 Å². The van der Waals surface area contributed by atoms with Gasteiger partial charge in [-0.05, 0) is 32.2 Å². The molecular weight excluding hydrogens is 275 g/mol. The Kier molecular flexibility index (Phi) is 2.23. The van der Waals surface area contributed by atoms with Gasteiger partial charge in [-0.25, -0.2) is 0 Å². The average Bonchev–Trinajstić information content (AvgIpc) is 3.13. The average molecular weight is 287 g/mol. The van der Waals surface area contributed by atoms with Crippen LogP contribution in [0.3, 0.4) is 0 Å². The monoisotopic (exact) mass is 287 g/mol. The molecule has 106 valence electrons. The highest BCUT2D eigenvalue weighted by Crippen LogP contribution is 2.40. The predicted molar refractivity (Wildman–Crippen MR) is 75.3 cm³/mol. The molecule has 0 fully saturated rings. The van der Waals surface area contributed by atoms with Gasteiger partial charge in [0.1, 0.15) is 12.0 Å². The van der Waals surface area contributed by atoms with Crippen molar-refractivity contribution in [3.8, 4) is 0 Å². The standard InChI is InChI=1S/C14H12BF2N3O/c1-9-13(10(2)21-18-9)14-11-5-3-7-19(11)15(16,17)20-8-4-6-12(14)20/h3-8H,1-2H3. The molecule has 0 N–H and O–H groups in total. The molecule has 4 rings (SSSR count). The topological polar surface area (TPSA) is 34.0 Å². The summed E-state index contributed by atoms with van der Waals surface area (Å²) in [6, 6.07) is 3.34. The first kappa shape index (κ1) is 12.3. The third-order valence-corrected chi connectivity index (χ3v) is 4.02. The molecule has 2 aromatic rings. The van der Waals surface area contributed by atoms with E-state index in [0.29, 0.717) is 22.8 Å². The first-order valence-electron chi connectivity index (χ1n) is 6.69. The number of aromatic nitrogens is 2. The molecule has 0 saturated carbocycles. The predicted octanol–water partition coefficient (Wildman–Crippen LogP) is 2.74. The second-order valence-electron chi connectivity index (χ2n) is 5.26. The minimum atomic E-state index is -3.86. The van der Waals surface area contributed by atoms with Crippen molar-refractivity contribution in [2.24, 2.45) is 0 Å². The molecule has 21 heavy (non-hydrogen) atoms. The maximum atomic E-state index is 14.6. The third-order valence-electron chi connectivity index (χ3n) is 4.02. The summed E-state index contributed by atoms with van der Waals surface area (Å²) in [4.78, 5) is 0. The van der Waals surface area contributed by atoms with Crippen LogP contribution in [0.25, 0.3) is 5.57 Å². The van der Waals surface area contributed by atoms with E-state index in [1.165, 1.54) is 12.4 Å². The Morgan fingerprint density at radius 1 is 1.33 bits per heavy atom. The van der Waals surface area contributed by atoms with Crippen molar-refractivity contribution in [1.82, 2.24) is 9.63 Å². The van der Waals surface area contributed by atoms with Crippen molar-refractivity contribution in [3.63, 3.8) is 0 Å². The minimum Gasteiger partial charge on any atom is -0.396 e. The van der Waals surface area contributed by atoms with Crippen LogP contribution < -0.4 is 0 Å². The summed E-state index contributed by atoms with van der Waals surface area (Å²) in [7, 11) is 0. The molecule has 4 nitrogen and oxygen atoms in total. The first-order valence-corrected chi connectivity index (χ1v) is 6.69. The van der Waals surface area contributed by atoms with E-state index in [9.17, 15) is 8.63 Å². The number of aryl methyl sites for hydroxylation is 2. The molecular formula is C14H12BF2N3O. The van der Waals surface area contributed by atoms with Crippen LogP contribution in [-0.4, -0.2) is 27.3 Å². The summed E-state index contributed by atoms with van der Waals surface area (Å²) < 4.78 is 36.5. The highest BCUT2D eigenvalue weighted by Gasteiger charge is 2.51. The zero-order valence-electron chi connectivity index (χ0n) is 11.5. The van der Waals surface area contributed by atoms with Gasteiger partial charge in [-0.1, -0.05) is 5.16 Å². The number of halogens is 2. The summed E-state index contributed by atoms with van der Waals surface area (Å²) in [5.74, 6) is 0.626. The molecule has 0 unspecified atom stereocenters. The largest absolute Gasteiger partial charge is 0.737 e. The lowest BCUT2D eigenvalue weighted by Crippen LogP contribution is -2.49. The second-order valence-corrected chi connectivity index (χ2v) is 5.26. The van der Waals surface area contributed by atoms with Crippen LogP contribution in [0.5, 0.6) is 0 Å². The van der Waals surface area contributed by atoms with Crippen LogP contribution in [0.2, 0.25) is 0 Å². The number of fused-ring (bicyclic) bond motifs is 2. The van der Waals surface area contributed by atoms with Gasteiger partial charge in [0.25, 0.3) is 0 Å². The van der Waals surface area contributed by atoms with Crippen LogP contribution in [0, 0.1) is 13.8 Å². The van der Waals surface area contributed by atoms with Crippen LogP contribution in [-0.2, 0) is 0 Å². The van der Waals surface area contributed by atoms with Crippen molar-refractivity contribution in [3.05, 3.63) is 58.9 Å². The molecule has 7 heteroatoms. The van der Waals surface area contributed by atoms with Gasteiger partial charge in [-0.2, -0.15) is 0 Å². The van der Waals surface area contributed by atoms with Gasteiger partial charge in [0.2, 0.25) is 0 Å². The normalized spacial score (nSPS) is 18.8. The molecule has 0 atom stereocenters. The Balaban J connectivity index is 2.12. The molecule has 0 aliphatic carbocycles.